The molecule has 1 saturated heterocycles. The molecule has 5 nitrogen and oxygen atoms in total. The summed E-state index contributed by atoms with van der Waals surface area (Å²) in [4.78, 5) is 24.5. The van der Waals surface area contributed by atoms with E-state index in [1.165, 1.54) is 16.8 Å². The van der Waals surface area contributed by atoms with Crippen LogP contribution in [-0.4, -0.2) is 21.5 Å². The van der Waals surface area contributed by atoms with Crippen LogP contribution in [0.5, 0.6) is 0 Å². The highest BCUT2D eigenvalue weighted by Gasteiger charge is 2.26. The Morgan fingerprint density at radius 3 is 2.93 bits per heavy atom. The second-order valence-corrected chi connectivity index (χ2v) is 3.77. The molecule has 2 atom stereocenters. The molecule has 0 saturated carbocycles. The van der Waals surface area contributed by atoms with Crippen molar-refractivity contribution in [1.29, 1.82) is 0 Å². The zero-order valence-electron chi connectivity index (χ0n) is 7.98. The molecule has 1 N–H and O–H groups in total. The Bertz CT molecular complexity index is 453. The Balaban J connectivity index is 2.24. The number of nitrogens with zero attached hydrogens (tertiary/aromatic N) is 1. The van der Waals surface area contributed by atoms with Gasteiger partial charge in [-0.3, -0.25) is 14.3 Å². The molecule has 1 aromatic rings. The van der Waals surface area contributed by atoms with Gasteiger partial charge in [0.15, 0.2) is 0 Å². The van der Waals surface area contributed by atoms with Crippen LogP contribution in [0.2, 0.25) is 0 Å². The summed E-state index contributed by atoms with van der Waals surface area (Å²) in [5.41, 5.74) is -0.842. The van der Waals surface area contributed by atoms with Gasteiger partial charge in [0.2, 0.25) is 0 Å². The molecule has 0 aliphatic carbocycles. The fourth-order valence-corrected chi connectivity index (χ4v) is 1.89. The molecule has 1 aliphatic heterocycles. The minimum Gasteiger partial charge on any atom is -0.353 e. The summed E-state index contributed by atoms with van der Waals surface area (Å²) in [6.07, 6.45) is 2.71. The summed E-state index contributed by atoms with van der Waals surface area (Å²) in [6, 6.07) is 1.30. The first-order chi connectivity index (χ1) is 7.20. The number of alkyl halides is 1. The van der Waals surface area contributed by atoms with Crippen LogP contribution in [0.25, 0.3) is 0 Å². The first-order valence-electron chi connectivity index (χ1n) is 4.73. The lowest BCUT2D eigenvalue weighted by Gasteiger charge is -2.13. The molecule has 1 fully saturated rings. The lowest BCUT2D eigenvalue weighted by Crippen LogP contribution is -2.31. The summed E-state index contributed by atoms with van der Waals surface area (Å²) in [7, 11) is 0. The summed E-state index contributed by atoms with van der Waals surface area (Å²) in [5, 5.41) is 0. The SMILES string of the molecule is O=c1ccn([C@H]2CC[C@@H](CCl)O2)c(=O)[nH]1. The van der Waals surface area contributed by atoms with Gasteiger partial charge >= 0.3 is 5.69 Å². The van der Waals surface area contributed by atoms with Gasteiger partial charge in [-0.2, -0.15) is 0 Å². The minimum atomic E-state index is -0.442. The fourth-order valence-electron chi connectivity index (χ4n) is 1.66. The van der Waals surface area contributed by atoms with E-state index < -0.39 is 11.2 Å². The van der Waals surface area contributed by atoms with Gasteiger partial charge < -0.3 is 4.74 Å². The molecule has 0 aromatic carbocycles. The number of aromatic nitrogens is 2. The van der Waals surface area contributed by atoms with Crippen molar-refractivity contribution in [2.24, 2.45) is 0 Å². The molecule has 6 heteroatoms. The molecule has 0 unspecified atom stereocenters. The van der Waals surface area contributed by atoms with E-state index >= 15 is 0 Å². The van der Waals surface area contributed by atoms with Crippen molar-refractivity contribution in [3.63, 3.8) is 0 Å². The number of hydrogen-bond donors (Lipinski definition) is 1. The number of halogens is 1. The molecule has 82 valence electrons. The van der Waals surface area contributed by atoms with Crippen molar-refractivity contribution in [3.8, 4) is 0 Å². The topological polar surface area (TPSA) is 64.1 Å². The van der Waals surface area contributed by atoms with E-state index in [0.29, 0.717) is 5.88 Å². The van der Waals surface area contributed by atoms with E-state index in [1.54, 1.807) is 0 Å². The van der Waals surface area contributed by atoms with Gasteiger partial charge in [0.05, 0.1) is 6.10 Å². The molecule has 0 bridgehead atoms. The normalized spacial score (nSPS) is 25.7. The average molecular weight is 231 g/mol. The van der Waals surface area contributed by atoms with Gasteiger partial charge in [-0.1, -0.05) is 0 Å². The lowest BCUT2D eigenvalue weighted by molar-refractivity contribution is 0.00944. The predicted molar refractivity (Wildman–Crippen MR) is 55.2 cm³/mol. The third kappa shape index (κ3) is 2.13. The van der Waals surface area contributed by atoms with Crippen molar-refractivity contribution in [3.05, 3.63) is 33.1 Å². The monoisotopic (exact) mass is 230 g/mol. The summed E-state index contributed by atoms with van der Waals surface area (Å²) < 4.78 is 6.91. The summed E-state index contributed by atoms with van der Waals surface area (Å²) >= 11 is 5.66. The number of ether oxygens (including phenoxy) is 1. The van der Waals surface area contributed by atoms with Crippen molar-refractivity contribution in [1.82, 2.24) is 9.55 Å². The van der Waals surface area contributed by atoms with E-state index in [9.17, 15) is 9.59 Å². The molecular weight excluding hydrogens is 220 g/mol. The Morgan fingerprint density at radius 1 is 1.53 bits per heavy atom. The Morgan fingerprint density at radius 2 is 2.33 bits per heavy atom. The first-order valence-corrected chi connectivity index (χ1v) is 5.27. The van der Waals surface area contributed by atoms with Gasteiger partial charge in [-0.05, 0) is 12.8 Å². The largest absolute Gasteiger partial charge is 0.353 e. The highest BCUT2D eigenvalue weighted by Crippen LogP contribution is 2.27. The van der Waals surface area contributed by atoms with E-state index in [0.717, 1.165) is 12.8 Å². The van der Waals surface area contributed by atoms with Crippen LogP contribution in [0.1, 0.15) is 19.1 Å². The standard InChI is InChI=1S/C9H11ClN2O3/c10-5-6-1-2-8(15-6)12-4-3-7(13)11-9(12)14/h3-4,6,8H,1-2,5H2,(H,11,13,14)/t6-,8+/m0/s1. The maximum absolute atomic E-state index is 11.4. The third-order valence-corrected chi connectivity index (χ3v) is 2.76. The van der Waals surface area contributed by atoms with E-state index in [1.807, 2.05) is 0 Å². The Kier molecular flexibility index (Phi) is 2.93. The molecule has 15 heavy (non-hydrogen) atoms. The highest BCUT2D eigenvalue weighted by molar-refractivity contribution is 6.18. The van der Waals surface area contributed by atoms with Gasteiger partial charge in [-0.15, -0.1) is 11.6 Å². The van der Waals surface area contributed by atoms with E-state index in [2.05, 4.69) is 4.98 Å². The molecule has 0 spiro atoms. The van der Waals surface area contributed by atoms with Crippen LogP contribution in [0, 0.1) is 0 Å². The van der Waals surface area contributed by atoms with Crippen molar-refractivity contribution < 1.29 is 4.74 Å². The highest BCUT2D eigenvalue weighted by atomic mass is 35.5. The zero-order valence-corrected chi connectivity index (χ0v) is 8.74. The first kappa shape index (κ1) is 10.4. The van der Waals surface area contributed by atoms with Crippen molar-refractivity contribution in [2.75, 3.05) is 5.88 Å². The molecule has 2 heterocycles. The Labute approximate surface area is 90.6 Å². The van der Waals surface area contributed by atoms with Gasteiger partial charge in [0.25, 0.3) is 5.56 Å². The quantitative estimate of drug-likeness (QED) is 0.751. The minimum absolute atomic E-state index is 0.00417. The van der Waals surface area contributed by atoms with E-state index in [-0.39, 0.29) is 12.3 Å². The van der Waals surface area contributed by atoms with Crippen molar-refractivity contribution in [2.45, 2.75) is 25.2 Å². The van der Waals surface area contributed by atoms with Crippen LogP contribution < -0.4 is 11.2 Å². The van der Waals surface area contributed by atoms with Crippen LogP contribution in [0.15, 0.2) is 21.9 Å². The number of H-pyrrole nitrogens is 1. The number of hydrogen-bond acceptors (Lipinski definition) is 3. The number of nitrogens with one attached hydrogen (secondary N) is 1. The van der Waals surface area contributed by atoms with E-state index in [4.69, 9.17) is 16.3 Å². The summed E-state index contributed by atoms with van der Waals surface area (Å²) in [5.74, 6) is 0.425. The fraction of sp³-hybridized carbons (Fsp3) is 0.556. The van der Waals surface area contributed by atoms with Crippen LogP contribution in [0.4, 0.5) is 0 Å². The molecular formula is C9H11ClN2O3. The Hall–Kier alpha value is -1.07. The summed E-state index contributed by atoms with van der Waals surface area (Å²) in [6.45, 7) is 0. The molecule has 2 rings (SSSR count). The average Bonchev–Trinajstić information content (AvgIpc) is 2.66. The maximum atomic E-state index is 11.4. The van der Waals surface area contributed by atoms with Crippen LogP contribution in [-0.2, 0) is 4.74 Å². The lowest BCUT2D eigenvalue weighted by atomic mass is 10.2. The van der Waals surface area contributed by atoms with Gasteiger partial charge in [0, 0.05) is 18.1 Å². The molecule has 1 aliphatic rings. The maximum Gasteiger partial charge on any atom is 0.330 e. The van der Waals surface area contributed by atoms with Crippen LogP contribution in [0.3, 0.4) is 0 Å². The molecule has 0 amide bonds. The second kappa shape index (κ2) is 4.20. The number of aromatic amines is 1. The molecule has 1 aromatic heterocycles. The third-order valence-electron chi connectivity index (χ3n) is 2.42. The smallest absolute Gasteiger partial charge is 0.330 e. The predicted octanol–water partition coefficient (Wildman–Crippen LogP) is 0.453. The second-order valence-electron chi connectivity index (χ2n) is 3.46. The molecule has 0 radical (unpaired) electrons. The van der Waals surface area contributed by atoms with Gasteiger partial charge in [0.1, 0.15) is 6.23 Å². The van der Waals surface area contributed by atoms with Crippen molar-refractivity contribution >= 4 is 11.6 Å². The number of rotatable bonds is 2. The van der Waals surface area contributed by atoms with Crippen LogP contribution >= 0.6 is 11.6 Å². The zero-order chi connectivity index (χ0) is 10.8. The van der Waals surface area contributed by atoms with Gasteiger partial charge in [-0.25, -0.2) is 4.79 Å².